The predicted octanol–water partition coefficient (Wildman–Crippen LogP) is 4.07. The van der Waals surface area contributed by atoms with Gasteiger partial charge in [-0.3, -0.25) is 4.79 Å². The summed E-state index contributed by atoms with van der Waals surface area (Å²) in [5.41, 5.74) is 4.50. The van der Waals surface area contributed by atoms with Crippen LogP contribution in [0.3, 0.4) is 0 Å². The average molecular weight is 346 g/mol. The van der Waals surface area contributed by atoms with E-state index in [9.17, 15) is 13.6 Å². The first-order chi connectivity index (χ1) is 9.41. The Labute approximate surface area is 125 Å². The van der Waals surface area contributed by atoms with Crippen LogP contribution in [0, 0.1) is 23.0 Å². The molecule has 1 saturated carbocycles. The third-order valence-corrected chi connectivity index (χ3v) is 4.99. The molecule has 1 aromatic rings. The molecule has 0 heterocycles. The minimum Gasteiger partial charge on any atom is -0.329 e. The van der Waals surface area contributed by atoms with Crippen LogP contribution in [-0.4, -0.2) is 12.3 Å². The van der Waals surface area contributed by atoms with E-state index in [0.717, 1.165) is 18.9 Å². The molecular weight excluding hydrogens is 328 g/mol. The average Bonchev–Trinajstić information content (AvgIpc) is 2.44. The quantitative estimate of drug-likeness (QED) is 0.662. The number of ketones is 1. The molecule has 2 N–H and O–H groups in total. The van der Waals surface area contributed by atoms with E-state index >= 15 is 0 Å². The molecule has 0 spiro atoms. The zero-order chi connectivity index (χ0) is 14.9. The van der Waals surface area contributed by atoms with Gasteiger partial charge in [0, 0.05) is 12.0 Å². The van der Waals surface area contributed by atoms with Crippen molar-refractivity contribution in [2.75, 3.05) is 6.54 Å². The zero-order valence-corrected chi connectivity index (χ0v) is 13.0. The van der Waals surface area contributed by atoms with E-state index in [-0.39, 0.29) is 11.0 Å². The first-order valence-corrected chi connectivity index (χ1v) is 7.59. The summed E-state index contributed by atoms with van der Waals surface area (Å²) in [4.78, 5) is 12.7. The maximum atomic E-state index is 14.1. The van der Waals surface area contributed by atoms with Crippen molar-refractivity contribution < 1.29 is 13.6 Å². The van der Waals surface area contributed by atoms with E-state index < -0.39 is 28.4 Å². The molecule has 2 rings (SSSR count). The second-order valence-electron chi connectivity index (χ2n) is 5.71. The second kappa shape index (κ2) is 5.90. The molecule has 2 nitrogen and oxygen atoms in total. The highest BCUT2D eigenvalue weighted by molar-refractivity contribution is 9.10. The van der Waals surface area contributed by atoms with Gasteiger partial charge in [0.2, 0.25) is 0 Å². The number of rotatable bonds is 3. The number of halogens is 3. The molecule has 0 atom stereocenters. The van der Waals surface area contributed by atoms with Crippen molar-refractivity contribution in [3.63, 3.8) is 0 Å². The van der Waals surface area contributed by atoms with Gasteiger partial charge in [-0.1, -0.05) is 6.92 Å². The van der Waals surface area contributed by atoms with Crippen LogP contribution in [0.5, 0.6) is 0 Å². The van der Waals surface area contributed by atoms with Crippen molar-refractivity contribution in [3.05, 3.63) is 33.8 Å². The van der Waals surface area contributed by atoms with Gasteiger partial charge in [-0.05, 0) is 59.7 Å². The monoisotopic (exact) mass is 345 g/mol. The number of nitrogens with two attached hydrogens (primary N) is 1. The minimum atomic E-state index is -0.832. The van der Waals surface area contributed by atoms with Crippen LogP contribution in [0.1, 0.15) is 43.0 Å². The van der Waals surface area contributed by atoms with Crippen molar-refractivity contribution in [2.45, 2.75) is 32.6 Å². The van der Waals surface area contributed by atoms with Crippen LogP contribution < -0.4 is 5.73 Å². The van der Waals surface area contributed by atoms with Crippen molar-refractivity contribution in [3.8, 4) is 0 Å². The third-order valence-electron chi connectivity index (χ3n) is 4.37. The number of hydrogen-bond acceptors (Lipinski definition) is 2. The van der Waals surface area contributed by atoms with Crippen molar-refractivity contribution in [2.24, 2.45) is 17.1 Å². The topological polar surface area (TPSA) is 43.1 Å². The van der Waals surface area contributed by atoms with Crippen LogP contribution in [-0.2, 0) is 0 Å². The van der Waals surface area contributed by atoms with Gasteiger partial charge in [0.1, 0.15) is 5.82 Å². The van der Waals surface area contributed by atoms with Gasteiger partial charge in [-0.15, -0.1) is 0 Å². The number of benzene rings is 1. The Kier molecular flexibility index (Phi) is 4.59. The smallest absolute Gasteiger partial charge is 0.176 e. The Morgan fingerprint density at radius 1 is 1.40 bits per heavy atom. The standard InChI is InChI=1S/C15H18BrF2NO/c1-9-4-6-15(8-19,7-5-9)14(20)12-11(17)3-2-10(16)13(12)18/h2-3,9H,4-8,19H2,1H3. The van der Waals surface area contributed by atoms with E-state index in [1.54, 1.807) is 0 Å². The second-order valence-corrected chi connectivity index (χ2v) is 6.57. The molecule has 0 saturated heterocycles. The summed E-state index contributed by atoms with van der Waals surface area (Å²) in [6.45, 7) is 2.25. The molecule has 0 aliphatic heterocycles. The fourth-order valence-electron chi connectivity index (χ4n) is 2.84. The molecule has 0 radical (unpaired) electrons. The number of carbonyl (C=O) groups is 1. The molecule has 0 unspecified atom stereocenters. The lowest BCUT2D eigenvalue weighted by atomic mass is 9.67. The summed E-state index contributed by atoms with van der Waals surface area (Å²) in [7, 11) is 0. The number of hydrogen-bond donors (Lipinski definition) is 1. The lowest BCUT2D eigenvalue weighted by Crippen LogP contribution is -2.42. The molecule has 1 aliphatic carbocycles. The first kappa shape index (κ1) is 15.6. The Morgan fingerprint density at radius 2 is 2.00 bits per heavy atom. The summed E-state index contributed by atoms with van der Waals surface area (Å²) < 4.78 is 28.1. The Balaban J connectivity index is 2.42. The van der Waals surface area contributed by atoms with E-state index in [4.69, 9.17) is 5.73 Å². The molecule has 0 aromatic heterocycles. The summed E-state index contributed by atoms with van der Waals surface area (Å²) in [6.07, 6.45) is 2.91. The van der Waals surface area contributed by atoms with Crippen molar-refractivity contribution in [1.82, 2.24) is 0 Å². The summed E-state index contributed by atoms with van der Waals surface area (Å²) in [5.74, 6) is -1.62. The molecule has 110 valence electrons. The maximum absolute atomic E-state index is 14.1. The lowest BCUT2D eigenvalue weighted by Gasteiger charge is -2.37. The van der Waals surface area contributed by atoms with Crippen LogP contribution in [0.15, 0.2) is 16.6 Å². The third kappa shape index (κ3) is 2.66. The molecule has 0 amide bonds. The normalized spacial score (nSPS) is 26.6. The van der Waals surface area contributed by atoms with Crippen LogP contribution in [0.25, 0.3) is 0 Å². The van der Waals surface area contributed by atoms with Gasteiger partial charge in [0.15, 0.2) is 11.6 Å². The number of carbonyl (C=O) groups excluding carboxylic acids is 1. The Bertz CT molecular complexity index is 525. The van der Waals surface area contributed by atoms with Gasteiger partial charge in [-0.25, -0.2) is 8.78 Å². The lowest BCUT2D eigenvalue weighted by molar-refractivity contribution is 0.0685. The van der Waals surface area contributed by atoms with Gasteiger partial charge < -0.3 is 5.73 Å². The molecule has 5 heteroatoms. The minimum absolute atomic E-state index is 0.0959. The maximum Gasteiger partial charge on any atom is 0.176 e. The molecule has 1 fully saturated rings. The Morgan fingerprint density at radius 3 is 2.55 bits per heavy atom. The van der Waals surface area contributed by atoms with Crippen molar-refractivity contribution in [1.29, 1.82) is 0 Å². The van der Waals surface area contributed by atoms with Gasteiger partial charge >= 0.3 is 0 Å². The summed E-state index contributed by atoms with van der Waals surface area (Å²) in [5, 5.41) is 0. The van der Waals surface area contributed by atoms with E-state index in [2.05, 4.69) is 22.9 Å². The van der Waals surface area contributed by atoms with E-state index in [1.807, 2.05) is 0 Å². The van der Waals surface area contributed by atoms with Gasteiger partial charge in [0.05, 0.1) is 10.0 Å². The van der Waals surface area contributed by atoms with E-state index in [1.165, 1.54) is 6.07 Å². The molecule has 0 bridgehead atoms. The highest BCUT2D eigenvalue weighted by Gasteiger charge is 2.42. The molecule has 1 aromatic carbocycles. The largest absolute Gasteiger partial charge is 0.329 e. The van der Waals surface area contributed by atoms with Crippen LogP contribution in [0.4, 0.5) is 8.78 Å². The summed E-state index contributed by atoms with van der Waals surface area (Å²) in [6, 6.07) is 2.37. The SMILES string of the molecule is CC1CCC(CN)(C(=O)c2c(F)ccc(Br)c2F)CC1. The van der Waals surface area contributed by atoms with Crippen molar-refractivity contribution >= 4 is 21.7 Å². The highest BCUT2D eigenvalue weighted by atomic mass is 79.9. The molecular formula is C15H18BrF2NO. The fraction of sp³-hybridized carbons (Fsp3) is 0.533. The van der Waals surface area contributed by atoms with Crippen LogP contribution in [0.2, 0.25) is 0 Å². The number of Topliss-reactive ketones (excluding diaryl/α,β-unsaturated/α-hetero) is 1. The fourth-order valence-corrected chi connectivity index (χ4v) is 3.17. The predicted molar refractivity (Wildman–Crippen MR) is 77.5 cm³/mol. The summed E-state index contributed by atoms with van der Waals surface area (Å²) >= 11 is 3.00. The first-order valence-electron chi connectivity index (χ1n) is 6.79. The molecule has 1 aliphatic rings. The molecule has 20 heavy (non-hydrogen) atoms. The zero-order valence-electron chi connectivity index (χ0n) is 11.4. The highest BCUT2D eigenvalue weighted by Crippen LogP contribution is 2.41. The Hall–Kier alpha value is -0.810. The van der Waals surface area contributed by atoms with Gasteiger partial charge in [-0.2, -0.15) is 0 Å². The van der Waals surface area contributed by atoms with Crippen LogP contribution >= 0.6 is 15.9 Å². The van der Waals surface area contributed by atoms with Gasteiger partial charge in [0.25, 0.3) is 0 Å². The van der Waals surface area contributed by atoms with E-state index in [0.29, 0.717) is 18.8 Å².